The average molecular weight is 261 g/mol. The predicted octanol–water partition coefficient (Wildman–Crippen LogP) is 2.17. The third kappa shape index (κ3) is 1.68. The van der Waals surface area contributed by atoms with E-state index in [9.17, 15) is 9.90 Å². The Labute approximate surface area is 89.3 Å². The first kappa shape index (κ1) is 10.8. The second-order valence-electron chi connectivity index (χ2n) is 2.72. The fourth-order valence-electron chi connectivity index (χ4n) is 1.16. The van der Waals surface area contributed by atoms with Crippen LogP contribution in [0, 0.1) is 6.92 Å². The maximum Gasteiger partial charge on any atom is 0.339 e. The lowest BCUT2D eigenvalue weighted by Crippen LogP contribution is -2.00. The third-order valence-electron chi connectivity index (χ3n) is 1.87. The molecule has 0 aliphatic rings. The molecule has 0 fully saturated rings. The van der Waals surface area contributed by atoms with E-state index in [2.05, 4.69) is 15.9 Å². The molecule has 0 heterocycles. The molecule has 14 heavy (non-hydrogen) atoms. The number of halogens is 1. The van der Waals surface area contributed by atoms with Crippen LogP contribution in [0.1, 0.15) is 15.9 Å². The average Bonchev–Trinajstić information content (AvgIpc) is 2.12. The summed E-state index contributed by atoms with van der Waals surface area (Å²) in [5.74, 6) is -1.00. The molecule has 1 rings (SSSR count). The van der Waals surface area contributed by atoms with Crippen molar-refractivity contribution in [2.75, 3.05) is 7.11 Å². The SMILES string of the molecule is COc1c(Br)cc(C(=O)O)c(O)c1C. The summed E-state index contributed by atoms with van der Waals surface area (Å²) in [5, 5.41) is 18.3. The molecule has 0 aliphatic carbocycles. The van der Waals surface area contributed by atoms with Gasteiger partial charge in [0, 0.05) is 5.56 Å². The number of benzene rings is 1. The van der Waals surface area contributed by atoms with Gasteiger partial charge in [0.05, 0.1) is 11.6 Å². The maximum atomic E-state index is 10.7. The van der Waals surface area contributed by atoms with Gasteiger partial charge in [-0.3, -0.25) is 0 Å². The molecule has 76 valence electrons. The van der Waals surface area contributed by atoms with Gasteiger partial charge in [-0.25, -0.2) is 4.79 Å². The summed E-state index contributed by atoms with van der Waals surface area (Å²) in [6.07, 6.45) is 0. The van der Waals surface area contributed by atoms with Gasteiger partial charge in [0.1, 0.15) is 17.1 Å². The molecule has 0 amide bonds. The van der Waals surface area contributed by atoms with E-state index in [1.54, 1.807) is 6.92 Å². The van der Waals surface area contributed by atoms with Crippen molar-refractivity contribution in [3.63, 3.8) is 0 Å². The summed E-state index contributed by atoms with van der Waals surface area (Å²) < 4.78 is 5.50. The van der Waals surface area contributed by atoms with Gasteiger partial charge in [-0.15, -0.1) is 0 Å². The Hall–Kier alpha value is -1.23. The summed E-state index contributed by atoms with van der Waals surface area (Å²) in [7, 11) is 1.45. The van der Waals surface area contributed by atoms with Crippen LogP contribution in [0.15, 0.2) is 10.5 Å². The van der Waals surface area contributed by atoms with Gasteiger partial charge in [-0.1, -0.05) is 0 Å². The molecule has 0 bridgehead atoms. The van der Waals surface area contributed by atoms with Crippen LogP contribution in [-0.4, -0.2) is 23.3 Å². The van der Waals surface area contributed by atoms with Gasteiger partial charge >= 0.3 is 5.97 Å². The number of carbonyl (C=O) groups is 1. The fraction of sp³-hybridized carbons (Fsp3) is 0.222. The highest BCUT2D eigenvalue weighted by Gasteiger charge is 2.17. The Morgan fingerprint density at radius 1 is 1.57 bits per heavy atom. The summed E-state index contributed by atoms with van der Waals surface area (Å²) >= 11 is 3.16. The summed E-state index contributed by atoms with van der Waals surface area (Å²) in [6.45, 7) is 1.59. The second-order valence-corrected chi connectivity index (χ2v) is 3.57. The lowest BCUT2D eigenvalue weighted by Gasteiger charge is -2.10. The van der Waals surface area contributed by atoms with Crippen molar-refractivity contribution in [3.8, 4) is 11.5 Å². The van der Waals surface area contributed by atoms with E-state index in [0.717, 1.165) is 0 Å². The van der Waals surface area contributed by atoms with Gasteiger partial charge < -0.3 is 14.9 Å². The van der Waals surface area contributed by atoms with Crippen LogP contribution < -0.4 is 4.74 Å². The smallest absolute Gasteiger partial charge is 0.339 e. The topological polar surface area (TPSA) is 66.8 Å². The number of aromatic hydroxyl groups is 1. The number of carboxylic acids is 1. The highest BCUT2D eigenvalue weighted by Crippen LogP contribution is 2.37. The van der Waals surface area contributed by atoms with Gasteiger partial charge in [-0.2, -0.15) is 0 Å². The zero-order valence-corrected chi connectivity index (χ0v) is 9.25. The van der Waals surface area contributed by atoms with Crippen molar-refractivity contribution in [1.29, 1.82) is 0 Å². The summed E-state index contributed by atoms with van der Waals surface area (Å²) in [4.78, 5) is 10.7. The van der Waals surface area contributed by atoms with Gasteiger partial charge in [0.2, 0.25) is 0 Å². The number of hydrogen-bond acceptors (Lipinski definition) is 3. The van der Waals surface area contributed by atoms with Crippen LogP contribution in [0.25, 0.3) is 0 Å². The molecule has 0 aromatic heterocycles. The van der Waals surface area contributed by atoms with E-state index >= 15 is 0 Å². The molecule has 0 aliphatic heterocycles. The molecular weight excluding hydrogens is 252 g/mol. The van der Waals surface area contributed by atoms with Crippen molar-refractivity contribution < 1.29 is 19.7 Å². The minimum absolute atomic E-state index is 0.143. The number of aromatic carboxylic acids is 1. The Kier molecular flexibility index (Phi) is 3.00. The first-order valence-electron chi connectivity index (χ1n) is 3.78. The lowest BCUT2D eigenvalue weighted by atomic mass is 10.1. The third-order valence-corrected chi connectivity index (χ3v) is 2.46. The lowest BCUT2D eigenvalue weighted by molar-refractivity contribution is 0.0693. The fourth-order valence-corrected chi connectivity index (χ4v) is 1.85. The molecule has 0 atom stereocenters. The van der Waals surface area contributed by atoms with E-state index in [1.807, 2.05) is 0 Å². The Morgan fingerprint density at radius 3 is 2.57 bits per heavy atom. The molecule has 2 N–H and O–H groups in total. The first-order valence-corrected chi connectivity index (χ1v) is 4.57. The van der Waals surface area contributed by atoms with Crippen LogP contribution in [0.2, 0.25) is 0 Å². The van der Waals surface area contributed by atoms with Crippen molar-refractivity contribution in [3.05, 3.63) is 21.7 Å². The van der Waals surface area contributed by atoms with E-state index < -0.39 is 5.97 Å². The second kappa shape index (κ2) is 3.88. The van der Waals surface area contributed by atoms with Crippen molar-refractivity contribution in [2.24, 2.45) is 0 Å². The number of ether oxygens (including phenoxy) is 1. The van der Waals surface area contributed by atoms with E-state index in [1.165, 1.54) is 13.2 Å². The van der Waals surface area contributed by atoms with Crippen molar-refractivity contribution in [2.45, 2.75) is 6.92 Å². The molecule has 0 radical (unpaired) electrons. The molecule has 0 saturated carbocycles. The van der Waals surface area contributed by atoms with Crippen LogP contribution in [0.4, 0.5) is 0 Å². The van der Waals surface area contributed by atoms with Crippen LogP contribution in [-0.2, 0) is 0 Å². The predicted molar refractivity (Wildman–Crippen MR) is 54.1 cm³/mol. The minimum atomic E-state index is -1.17. The summed E-state index contributed by atoms with van der Waals surface area (Å²) in [6, 6.07) is 1.31. The Morgan fingerprint density at radius 2 is 2.14 bits per heavy atom. The van der Waals surface area contributed by atoms with Gasteiger partial charge in [0.25, 0.3) is 0 Å². The van der Waals surface area contributed by atoms with Crippen molar-refractivity contribution >= 4 is 21.9 Å². The molecule has 1 aromatic carbocycles. The number of phenols is 1. The van der Waals surface area contributed by atoms with Crippen molar-refractivity contribution in [1.82, 2.24) is 0 Å². The molecule has 0 spiro atoms. The van der Waals surface area contributed by atoms with E-state index in [-0.39, 0.29) is 11.3 Å². The Balaban J connectivity index is 3.47. The quantitative estimate of drug-likeness (QED) is 0.856. The molecule has 1 aromatic rings. The van der Waals surface area contributed by atoms with Crippen LogP contribution >= 0.6 is 15.9 Å². The number of carboxylic acid groups (broad SMARTS) is 1. The zero-order chi connectivity index (χ0) is 10.9. The number of methoxy groups -OCH3 is 1. The Bertz CT molecular complexity index is 387. The molecule has 0 saturated heterocycles. The van der Waals surface area contributed by atoms with Crippen LogP contribution in [0.5, 0.6) is 11.5 Å². The normalized spacial score (nSPS) is 9.93. The first-order chi connectivity index (χ1) is 6.49. The minimum Gasteiger partial charge on any atom is -0.507 e. The number of rotatable bonds is 2. The van der Waals surface area contributed by atoms with Gasteiger partial charge in [-0.05, 0) is 28.9 Å². The highest BCUT2D eigenvalue weighted by atomic mass is 79.9. The van der Waals surface area contributed by atoms with E-state index in [4.69, 9.17) is 9.84 Å². The molecule has 0 unspecified atom stereocenters. The van der Waals surface area contributed by atoms with E-state index in [0.29, 0.717) is 15.8 Å². The molecule has 5 heteroatoms. The summed E-state index contributed by atoms with van der Waals surface area (Å²) in [5.41, 5.74) is 0.259. The molecule has 4 nitrogen and oxygen atoms in total. The zero-order valence-electron chi connectivity index (χ0n) is 7.67. The number of hydrogen-bond donors (Lipinski definition) is 2. The highest BCUT2D eigenvalue weighted by molar-refractivity contribution is 9.10. The maximum absolute atomic E-state index is 10.7. The molecular formula is C9H9BrO4. The standard InChI is InChI=1S/C9H9BrO4/c1-4-7(11)5(9(12)13)3-6(10)8(4)14-2/h3,11H,1-2H3,(H,12,13). The van der Waals surface area contributed by atoms with Crippen LogP contribution in [0.3, 0.4) is 0 Å². The largest absolute Gasteiger partial charge is 0.507 e. The van der Waals surface area contributed by atoms with Gasteiger partial charge in [0.15, 0.2) is 0 Å². The monoisotopic (exact) mass is 260 g/mol.